The molecule has 0 aliphatic rings. The van der Waals surface area contributed by atoms with Gasteiger partial charge in [0.15, 0.2) is 5.82 Å². The van der Waals surface area contributed by atoms with Crippen molar-refractivity contribution in [2.45, 2.75) is 13.0 Å². The van der Waals surface area contributed by atoms with Gasteiger partial charge in [0, 0.05) is 6.07 Å². The fourth-order valence-electron chi connectivity index (χ4n) is 1.86. The van der Waals surface area contributed by atoms with E-state index in [1.165, 1.54) is 25.1 Å². The van der Waals surface area contributed by atoms with E-state index in [4.69, 9.17) is 4.74 Å². The van der Waals surface area contributed by atoms with Gasteiger partial charge in [0.2, 0.25) is 5.75 Å². The summed E-state index contributed by atoms with van der Waals surface area (Å²) < 4.78 is 32.6. The van der Waals surface area contributed by atoms with Gasteiger partial charge < -0.3 is 9.84 Å². The highest BCUT2D eigenvalue weighted by atomic mass is 19.1. The molecule has 0 aliphatic carbocycles. The number of nitrogens with zero attached hydrogens (tertiary/aromatic N) is 1. The quantitative estimate of drug-likeness (QED) is 0.689. The Bertz CT molecular complexity index is 689. The van der Waals surface area contributed by atoms with Crippen molar-refractivity contribution in [2.24, 2.45) is 0 Å². The predicted molar refractivity (Wildman–Crippen MR) is 70.2 cm³/mol. The Morgan fingerprint density at radius 2 is 1.81 bits per heavy atom. The van der Waals surface area contributed by atoms with Crippen molar-refractivity contribution in [3.8, 4) is 11.5 Å². The summed E-state index contributed by atoms with van der Waals surface area (Å²) in [7, 11) is 0. The molecular formula is C14H11F2NO4. The number of nitro groups is 1. The Balaban J connectivity index is 2.54. The number of halogens is 2. The van der Waals surface area contributed by atoms with Gasteiger partial charge >= 0.3 is 5.69 Å². The molecule has 1 N–H and O–H groups in total. The van der Waals surface area contributed by atoms with E-state index in [2.05, 4.69) is 0 Å². The highest BCUT2D eigenvalue weighted by molar-refractivity contribution is 5.50. The van der Waals surface area contributed by atoms with Gasteiger partial charge in [-0.3, -0.25) is 10.1 Å². The molecule has 110 valence electrons. The van der Waals surface area contributed by atoms with Crippen LogP contribution in [0, 0.1) is 21.7 Å². The number of benzene rings is 2. The minimum absolute atomic E-state index is 0.182. The largest absolute Gasteiger partial charge is 0.447 e. The van der Waals surface area contributed by atoms with E-state index in [1.54, 1.807) is 0 Å². The molecule has 0 fully saturated rings. The molecule has 7 heteroatoms. The molecule has 0 unspecified atom stereocenters. The molecule has 0 saturated carbocycles. The zero-order valence-electron chi connectivity index (χ0n) is 10.9. The Morgan fingerprint density at radius 3 is 2.43 bits per heavy atom. The van der Waals surface area contributed by atoms with Crippen molar-refractivity contribution in [3.05, 3.63) is 63.7 Å². The first-order chi connectivity index (χ1) is 9.91. The smallest absolute Gasteiger partial charge is 0.314 e. The van der Waals surface area contributed by atoms with Gasteiger partial charge in [-0.2, -0.15) is 0 Å². The van der Waals surface area contributed by atoms with Gasteiger partial charge in [0.05, 0.1) is 16.6 Å². The first kappa shape index (κ1) is 14.9. The van der Waals surface area contributed by atoms with Crippen LogP contribution in [0.15, 0.2) is 36.4 Å². The summed E-state index contributed by atoms with van der Waals surface area (Å²) in [6, 6.07) is 6.92. The lowest BCUT2D eigenvalue weighted by molar-refractivity contribution is -0.385. The van der Waals surface area contributed by atoms with Gasteiger partial charge in [-0.25, -0.2) is 8.78 Å². The number of nitro benzene ring substituents is 1. The van der Waals surface area contributed by atoms with Crippen LogP contribution in [0.5, 0.6) is 11.5 Å². The number of hydrogen-bond donors (Lipinski definition) is 1. The summed E-state index contributed by atoms with van der Waals surface area (Å²) in [6.07, 6.45) is -1.22. The van der Waals surface area contributed by atoms with Gasteiger partial charge in [-0.05, 0) is 25.1 Å². The Hall–Kier alpha value is -2.54. The van der Waals surface area contributed by atoms with E-state index < -0.39 is 34.1 Å². The molecule has 0 aliphatic heterocycles. The molecule has 2 aromatic carbocycles. The average molecular weight is 295 g/mol. The SMILES string of the molecule is C[C@@H](O)c1c(F)cccc1Oc1c(F)cccc1[N+](=O)[O-]. The summed E-state index contributed by atoms with van der Waals surface area (Å²) in [5.74, 6) is -2.51. The van der Waals surface area contributed by atoms with E-state index in [9.17, 15) is 24.0 Å². The first-order valence-electron chi connectivity index (χ1n) is 5.99. The van der Waals surface area contributed by atoms with Crippen LogP contribution < -0.4 is 4.74 Å². The second-order valence-electron chi connectivity index (χ2n) is 4.27. The number of hydrogen-bond acceptors (Lipinski definition) is 4. The minimum atomic E-state index is -1.22. The van der Waals surface area contributed by atoms with Gasteiger partial charge in [-0.15, -0.1) is 0 Å². The third-order valence-corrected chi connectivity index (χ3v) is 2.79. The summed E-state index contributed by atoms with van der Waals surface area (Å²) in [5.41, 5.74) is -0.786. The molecule has 2 rings (SSSR count). The van der Waals surface area contributed by atoms with Crippen molar-refractivity contribution in [3.63, 3.8) is 0 Å². The van der Waals surface area contributed by atoms with Crippen LogP contribution in [0.25, 0.3) is 0 Å². The van der Waals surface area contributed by atoms with Gasteiger partial charge in [0.1, 0.15) is 11.6 Å². The molecule has 0 spiro atoms. The molecular weight excluding hydrogens is 284 g/mol. The first-order valence-corrected chi connectivity index (χ1v) is 5.99. The molecule has 0 amide bonds. The average Bonchev–Trinajstić information content (AvgIpc) is 2.40. The van der Waals surface area contributed by atoms with Crippen molar-refractivity contribution in [2.75, 3.05) is 0 Å². The third kappa shape index (κ3) is 2.97. The van der Waals surface area contributed by atoms with E-state index in [-0.39, 0.29) is 11.3 Å². The van der Waals surface area contributed by atoms with Crippen LogP contribution in [-0.4, -0.2) is 10.0 Å². The highest BCUT2D eigenvalue weighted by Gasteiger charge is 2.23. The minimum Gasteiger partial charge on any atom is -0.447 e. The van der Waals surface area contributed by atoms with E-state index in [0.29, 0.717) is 0 Å². The second-order valence-corrected chi connectivity index (χ2v) is 4.27. The summed E-state index contributed by atoms with van der Waals surface area (Å²) in [6.45, 7) is 1.31. The van der Waals surface area contributed by atoms with Crippen molar-refractivity contribution in [1.82, 2.24) is 0 Å². The zero-order valence-corrected chi connectivity index (χ0v) is 10.9. The van der Waals surface area contributed by atoms with Gasteiger partial charge in [-0.1, -0.05) is 12.1 Å². The Morgan fingerprint density at radius 1 is 1.19 bits per heavy atom. The zero-order chi connectivity index (χ0) is 15.6. The lowest BCUT2D eigenvalue weighted by Gasteiger charge is -2.14. The van der Waals surface area contributed by atoms with Crippen LogP contribution in [0.4, 0.5) is 14.5 Å². The molecule has 5 nitrogen and oxygen atoms in total. The van der Waals surface area contributed by atoms with Crippen LogP contribution in [0.1, 0.15) is 18.6 Å². The molecule has 0 aromatic heterocycles. The monoisotopic (exact) mass is 295 g/mol. The summed E-state index contributed by atoms with van der Waals surface area (Å²) in [5, 5.41) is 20.4. The normalized spacial score (nSPS) is 12.0. The molecule has 1 atom stereocenters. The number of ether oxygens (including phenoxy) is 1. The molecule has 21 heavy (non-hydrogen) atoms. The number of rotatable bonds is 4. The molecule has 0 radical (unpaired) electrons. The molecule has 0 heterocycles. The van der Waals surface area contributed by atoms with Crippen LogP contribution in [0.3, 0.4) is 0 Å². The topological polar surface area (TPSA) is 72.6 Å². The summed E-state index contributed by atoms with van der Waals surface area (Å²) in [4.78, 5) is 10.1. The van der Waals surface area contributed by atoms with E-state index in [1.807, 2.05) is 0 Å². The van der Waals surface area contributed by atoms with E-state index >= 15 is 0 Å². The summed E-state index contributed by atoms with van der Waals surface area (Å²) >= 11 is 0. The lowest BCUT2D eigenvalue weighted by Crippen LogP contribution is -2.02. The molecule has 0 bridgehead atoms. The number of aliphatic hydroxyl groups excluding tert-OH is 1. The highest BCUT2D eigenvalue weighted by Crippen LogP contribution is 2.37. The lowest BCUT2D eigenvalue weighted by atomic mass is 10.1. The van der Waals surface area contributed by atoms with E-state index in [0.717, 1.165) is 18.2 Å². The number of aliphatic hydroxyl groups is 1. The fourth-order valence-corrected chi connectivity index (χ4v) is 1.86. The van der Waals surface area contributed by atoms with Crippen LogP contribution in [0.2, 0.25) is 0 Å². The van der Waals surface area contributed by atoms with Crippen LogP contribution >= 0.6 is 0 Å². The maximum atomic E-state index is 13.7. The predicted octanol–water partition coefficient (Wildman–Crippen LogP) is 3.72. The Labute approximate surface area is 118 Å². The Kier molecular flexibility index (Phi) is 4.13. The van der Waals surface area contributed by atoms with Gasteiger partial charge in [0.25, 0.3) is 0 Å². The van der Waals surface area contributed by atoms with Crippen molar-refractivity contribution < 1.29 is 23.5 Å². The van der Waals surface area contributed by atoms with Crippen molar-refractivity contribution >= 4 is 5.69 Å². The number of para-hydroxylation sites is 1. The maximum Gasteiger partial charge on any atom is 0.314 e. The van der Waals surface area contributed by atoms with Crippen molar-refractivity contribution in [1.29, 1.82) is 0 Å². The molecule has 0 saturated heterocycles. The second kappa shape index (κ2) is 5.84. The fraction of sp³-hybridized carbons (Fsp3) is 0.143. The maximum absolute atomic E-state index is 13.7. The van der Waals surface area contributed by atoms with Crippen LogP contribution in [-0.2, 0) is 0 Å². The molecule has 2 aromatic rings. The third-order valence-electron chi connectivity index (χ3n) is 2.79. The standard InChI is InChI=1S/C14H11F2NO4/c1-8(18)13-9(15)4-3-7-12(13)21-14-10(16)5-2-6-11(14)17(19)20/h2-8,18H,1H3/t8-/m1/s1.